The lowest BCUT2D eigenvalue weighted by Gasteiger charge is -2.16. The van der Waals surface area contributed by atoms with Crippen molar-refractivity contribution in [2.45, 2.75) is 66.8 Å². The normalized spacial score (nSPS) is 15.2. The zero-order valence-corrected chi connectivity index (χ0v) is 19.7. The molecule has 164 valence electrons. The maximum atomic E-state index is 13.4. The highest BCUT2D eigenvalue weighted by Crippen LogP contribution is 2.18. The van der Waals surface area contributed by atoms with Gasteiger partial charge in [-0.15, -0.1) is 4.36 Å². The Labute approximate surface area is 175 Å². The molecule has 0 aliphatic carbocycles. The van der Waals surface area contributed by atoms with Crippen LogP contribution in [0.5, 0.6) is 0 Å². The third kappa shape index (κ3) is 11.6. The van der Waals surface area contributed by atoms with E-state index in [1.165, 1.54) is 13.2 Å². The summed E-state index contributed by atoms with van der Waals surface area (Å²) in [5.74, 6) is -1.08. The van der Waals surface area contributed by atoms with Crippen molar-refractivity contribution in [3.05, 3.63) is 22.1 Å². The first-order valence-electron chi connectivity index (χ1n) is 9.48. The molecule has 0 aromatic heterocycles. The van der Waals surface area contributed by atoms with E-state index in [-0.39, 0.29) is 30.3 Å². The molecule has 0 saturated carbocycles. The highest BCUT2D eigenvalue weighted by Gasteiger charge is 2.23. The summed E-state index contributed by atoms with van der Waals surface area (Å²) in [6, 6.07) is -0.887. The molecule has 0 saturated heterocycles. The molecule has 1 unspecified atom stereocenters. The smallest absolute Gasteiger partial charge is 0.272 e. The molecule has 0 bridgehead atoms. The molecule has 0 aromatic rings. The zero-order valence-electron chi connectivity index (χ0n) is 18.1. The SMILES string of the molecule is C/C=C(Cl)\C=C(/CC)S(=O)(=NC(=O)[C@@H](N)CC(C)C)NC(=O)CCOC.CC. The molecular weight excluding hydrogens is 402 g/mol. The van der Waals surface area contributed by atoms with Gasteiger partial charge in [0.05, 0.1) is 19.1 Å². The first-order chi connectivity index (χ1) is 13.1. The van der Waals surface area contributed by atoms with Gasteiger partial charge in [0.15, 0.2) is 9.92 Å². The molecule has 0 aliphatic heterocycles. The molecule has 28 heavy (non-hydrogen) atoms. The second kappa shape index (κ2) is 15.7. The monoisotopic (exact) mass is 437 g/mol. The van der Waals surface area contributed by atoms with Crippen LogP contribution in [0.15, 0.2) is 26.5 Å². The van der Waals surface area contributed by atoms with Crippen LogP contribution in [-0.4, -0.2) is 35.8 Å². The topological polar surface area (TPSA) is 111 Å². The van der Waals surface area contributed by atoms with Crippen LogP contribution < -0.4 is 10.5 Å². The zero-order chi connectivity index (χ0) is 22.3. The third-order valence-corrected chi connectivity index (χ3v) is 5.71. The van der Waals surface area contributed by atoms with Crippen LogP contribution in [0.25, 0.3) is 0 Å². The van der Waals surface area contributed by atoms with E-state index in [1.54, 1.807) is 19.9 Å². The van der Waals surface area contributed by atoms with Crippen LogP contribution in [0.2, 0.25) is 0 Å². The fourth-order valence-electron chi connectivity index (χ4n) is 1.96. The van der Waals surface area contributed by atoms with E-state index in [0.717, 1.165) is 0 Å². The summed E-state index contributed by atoms with van der Waals surface area (Å²) in [4.78, 5) is 24.7. The minimum absolute atomic E-state index is 0.0103. The maximum Gasteiger partial charge on any atom is 0.272 e. The van der Waals surface area contributed by atoms with Crippen LogP contribution in [0.4, 0.5) is 0 Å². The molecule has 3 N–H and O–H groups in total. The summed E-state index contributed by atoms with van der Waals surface area (Å²) in [6.07, 6.45) is 3.73. The summed E-state index contributed by atoms with van der Waals surface area (Å²) in [5, 5.41) is 0.329. The Morgan fingerprint density at radius 2 is 1.89 bits per heavy atom. The molecule has 0 spiro atoms. The largest absolute Gasteiger partial charge is 0.384 e. The number of hydrogen-bond acceptors (Lipinski definition) is 5. The highest BCUT2D eigenvalue weighted by atomic mass is 35.5. The number of carbonyl (C=O) groups excluding carboxylic acids is 2. The van der Waals surface area contributed by atoms with Gasteiger partial charge in [0.2, 0.25) is 5.91 Å². The molecular formula is C19H36ClN3O4S. The number of amides is 2. The van der Waals surface area contributed by atoms with Crippen molar-refractivity contribution in [2.75, 3.05) is 13.7 Å². The van der Waals surface area contributed by atoms with Crippen LogP contribution >= 0.6 is 11.6 Å². The number of methoxy groups -OCH3 is 1. The van der Waals surface area contributed by atoms with E-state index in [9.17, 15) is 13.8 Å². The molecule has 9 heteroatoms. The maximum absolute atomic E-state index is 13.4. The van der Waals surface area contributed by atoms with Crippen molar-refractivity contribution in [2.24, 2.45) is 16.0 Å². The van der Waals surface area contributed by atoms with E-state index in [1.807, 2.05) is 27.7 Å². The minimum atomic E-state index is -3.52. The number of hydrogen-bond donors (Lipinski definition) is 2. The summed E-state index contributed by atoms with van der Waals surface area (Å²) in [5.41, 5.74) is 5.85. The van der Waals surface area contributed by atoms with Crippen LogP contribution in [0, 0.1) is 5.92 Å². The average Bonchev–Trinajstić information content (AvgIpc) is 2.64. The number of ether oxygens (including phenoxy) is 1. The summed E-state index contributed by atoms with van der Waals surface area (Å²) in [7, 11) is -2.07. The van der Waals surface area contributed by atoms with E-state index < -0.39 is 27.8 Å². The van der Waals surface area contributed by atoms with Crippen molar-refractivity contribution in [3.8, 4) is 0 Å². The third-order valence-electron chi connectivity index (χ3n) is 3.32. The standard InChI is InChI=1S/C17H30ClN3O4S.C2H6/c1-6-13(18)11-14(7-2)26(24,20-16(22)8-9-25-5)21-17(23)15(19)10-12(3)4;1-2/h6,11-12,15H,7-10,19H2,1-5H3,(H,20,21,22,23,24);1-2H3/b13-6+,14-11+;/t15-,26?;/m0./s1. The predicted molar refractivity (Wildman–Crippen MR) is 117 cm³/mol. The molecule has 2 amide bonds. The van der Waals surface area contributed by atoms with Gasteiger partial charge in [-0.1, -0.05) is 52.3 Å². The van der Waals surface area contributed by atoms with E-state index >= 15 is 0 Å². The first-order valence-corrected chi connectivity index (χ1v) is 11.4. The average molecular weight is 438 g/mol. The Bertz CT molecular complexity index is 666. The van der Waals surface area contributed by atoms with Gasteiger partial charge in [-0.05, 0) is 31.8 Å². The molecule has 0 rings (SSSR count). The summed E-state index contributed by atoms with van der Waals surface area (Å²) < 4.78 is 24.4. The summed E-state index contributed by atoms with van der Waals surface area (Å²) >= 11 is 6.01. The number of nitrogens with zero attached hydrogens (tertiary/aromatic N) is 1. The van der Waals surface area contributed by atoms with E-state index in [4.69, 9.17) is 22.1 Å². The van der Waals surface area contributed by atoms with Crippen LogP contribution in [0.1, 0.15) is 60.8 Å². The van der Waals surface area contributed by atoms with Crippen LogP contribution in [-0.2, 0) is 24.2 Å². The lowest BCUT2D eigenvalue weighted by atomic mass is 10.0. The summed E-state index contributed by atoms with van der Waals surface area (Å²) in [6.45, 7) is 11.4. The van der Waals surface area contributed by atoms with Gasteiger partial charge in [-0.2, -0.15) is 0 Å². The Morgan fingerprint density at radius 1 is 1.32 bits per heavy atom. The fraction of sp³-hybridized carbons (Fsp3) is 0.684. The predicted octanol–water partition coefficient (Wildman–Crippen LogP) is 3.88. The molecule has 0 fully saturated rings. The number of rotatable bonds is 10. The van der Waals surface area contributed by atoms with Crippen molar-refractivity contribution >= 4 is 33.3 Å². The molecule has 0 heterocycles. The molecule has 0 radical (unpaired) electrons. The highest BCUT2D eigenvalue weighted by molar-refractivity contribution is 7.96. The van der Waals surface area contributed by atoms with E-state index in [0.29, 0.717) is 11.5 Å². The van der Waals surface area contributed by atoms with Gasteiger partial charge in [0.1, 0.15) is 0 Å². The minimum Gasteiger partial charge on any atom is -0.384 e. The second-order valence-electron chi connectivity index (χ2n) is 6.10. The van der Waals surface area contributed by atoms with Crippen molar-refractivity contribution in [3.63, 3.8) is 0 Å². The van der Waals surface area contributed by atoms with Gasteiger partial charge >= 0.3 is 0 Å². The van der Waals surface area contributed by atoms with Crippen molar-refractivity contribution in [1.29, 1.82) is 0 Å². The lowest BCUT2D eigenvalue weighted by molar-refractivity contribution is -0.120. The fourth-order valence-corrected chi connectivity index (χ4v) is 3.93. The van der Waals surface area contributed by atoms with Gasteiger partial charge in [-0.3, -0.25) is 14.3 Å². The van der Waals surface area contributed by atoms with Crippen molar-refractivity contribution in [1.82, 2.24) is 4.72 Å². The number of carbonyl (C=O) groups is 2. The molecule has 2 atom stereocenters. The van der Waals surface area contributed by atoms with Gasteiger partial charge < -0.3 is 10.5 Å². The number of halogens is 1. The number of nitrogens with one attached hydrogen (secondary N) is 1. The van der Waals surface area contributed by atoms with Gasteiger partial charge in [0.25, 0.3) is 5.91 Å². The second-order valence-corrected chi connectivity index (χ2v) is 8.50. The van der Waals surface area contributed by atoms with E-state index in [2.05, 4.69) is 9.08 Å². The van der Waals surface area contributed by atoms with Crippen molar-refractivity contribution < 1.29 is 18.5 Å². The van der Waals surface area contributed by atoms with Gasteiger partial charge in [0, 0.05) is 17.0 Å². The molecule has 0 aromatic carbocycles. The Morgan fingerprint density at radius 3 is 2.32 bits per heavy atom. The Hall–Kier alpha value is -1.22. The van der Waals surface area contributed by atoms with Gasteiger partial charge in [-0.25, -0.2) is 4.21 Å². The number of nitrogens with two attached hydrogens (primary N) is 1. The quantitative estimate of drug-likeness (QED) is 0.503. The number of allylic oxidation sites excluding steroid dienone is 4. The molecule has 7 nitrogen and oxygen atoms in total. The Kier molecular flexibility index (Phi) is 16.2. The Balaban J connectivity index is 0. The lowest BCUT2D eigenvalue weighted by Crippen LogP contribution is -2.36. The molecule has 0 aliphatic rings. The van der Waals surface area contributed by atoms with Crippen LogP contribution in [0.3, 0.4) is 0 Å². The first kappa shape index (κ1) is 29.0.